The van der Waals surface area contributed by atoms with Crippen molar-refractivity contribution >= 4 is 10.9 Å². The van der Waals surface area contributed by atoms with E-state index in [0.717, 1.165) is 17.3 Å². The van der Waals surface area contributed by atoms with Crippen molar-refractivity contribution in [2.45, 2.75) is 46.8 Å². The van der Waals surface area contributed by atoms with Crippen LogP contribution in [0.4, 0.5) is 13.2 Å². The third-order valence-electron chi connectivity index (χ3n) is 3.15. The van der Waals surface area contributed by atoms with Crippen LogP contribution in [0.2, 0.25) is 0 Å². The molecule has 20 heavy (non-hydrogen) atoms. The lowest BCUT2D eigenvalue weighted by Crippen LogP contribution is -2.10. The highest BCUT2D eigenvalue weighted by molar-refractivity contribution is 5.83. The monoisotopic (exact) mass is 284 g/mol. The van der Waals surface area contributed by atoms with Crippen LogP contribution in [0.3, 0.4) is 0 Å². The summed E-state index contributed by atoms with van der Waals surface area (Å²) >= 11 is 0. The number of hydrogen-bond donors (Lipinski definition) is 0. The molecule has 0 saturated carbocycles. The average Bonchev–Trinajstić information content (AvgIpc) is 2.63. The van der Waals surface area contributed by atoms with E-state index in [0.29, 0.717) is 18.4 Å². The minimum Gasteiger partial charge on any atom is -0.265 e. The summed E-state index contributed by atoms with van der Waals surface area (Å²) in [7, 11) is 0. The van der Waals surface area contributed by atoms with Gasteiger partial charge in [0.1, 0.15) is 0 Å². The summed E-state index contributed by atoms with van der Waals surface area (Å²) in [5, 5.41) is 5.07. The summed E-state index contributed by atoms with van der Waals surface area (Å²) in [5.41, 5.74) is 0.865. The zero-order chi connectivity index (χ0) is 15.1. The molecule has 0 aliphatic heterocycles. The molecule has 0 N–H and O–H groups in total. The van der Waals surface area contributed by atoms with Crippen LogP contribution in [0.5, 0.6) is 0 Å². The van der Waals surface area contributed by atoms with Crippen LogP contribution in [0.15, 0.2) is 18.2 Å². The van der Waals surface area contributed by atoms with E-state index in [4.69, 9.17) is 0 Å². The molecule has 1 aromatic carbocycles. The fourth-order valence-electron chi connectivity index (χ4n) is 2.30. The van der Waals surface area contributed by atoms with Crippen LogP contribution in [0.1, 0.15) is 39.0 Å². The van der Waals surface area contributed by atoms with Crippen LogP contribution >= 0.6 is 0 Å². The van der Waals surface area contributed by atoms with Gasteiger partial charge in [-0.1, -0.05) is 20.8 Å². The topological polar surface area (TPSA) is 17.8 Å². The first-order valence-electron chi connectivity index (χ1n) is 6.68. The Bertz CT molecular complexity index is 618. The Morgan fingerprint density at radius 3 is 2.30 bits per heavy atom. The van der Waals surface area contributed by atoms with Crippen molar-refractivity contribution in [3.05, 3.63) is 29.5 Å². The van der Waals surface area contributed by atoms with Crippen molar-refractivity contribution in [3.63, 3.8) is 0 Å². The van der Waals surface area contributed by atoms with Crippen molar-refractivity contribution < 1.29 is 13.2 Å². The van der Waals surface area contributed by atoms with Gasteiger partial charge >= 0.3 is 6.18 Å². The summed E-state index contributed by atoms with van der Waals surface area (Å²) in [5.74, 6) is 0. The number of aromatic nitrogens is 2. The summed E-state index contributed by atoms with van der Waals surface area (Å²) in [6.45, 7) is 8.74. The first-order chi connectivity index (χ1) is 9.12. The second-order valence-electron chi connectivity index (χ2n) is 6.23. The number of nitrogens with zero attached hydrogens (tertiary/aromatic N) is 2. The Hall–Kier alpha value is -1.52. The fraction of sp³-hybridized carbons (Fsp3) is 0.533. The van der Waals surface area contributed by atoms with E-state index in [1.54, 1.807) is 4.68 Å². The first kappa shape index (κ1) is 14.9. The SMILES string of the molecule is CCn1nc(CC(C)(C)C)c2cc(C(F)(F)F)ccc21. The molecule has 2 rings (SSSR count). The lowest BCUT2D eigenvalue weighted by atomic mass is 9.89. The zero-order valence-electron chi connectivity index (χ0n) is 12.2. The van der Waals surface area contributed by atoms with Gasteiger partial charge in [-0.15, -0.1) is 0 Å². The smallest absolute Gasteiger partial charge is 0.265 e. The van der Waals surface area contributed by atoms with E-state index < -0.39 is 11.7 Å². The van der Waals surface area contributed by atoms with Gasteiger partial charge in [0.05, 0.1) is 16.8 Å². The standard InChI is InChI=1S/C15H19F3N2/c1-5-20-13-7-6-10(15(16,17)18)8-11(13)12(19-20)9-14(2,3)4/h6-8H,5,9H2,1-4H3. The Labute approximate surface area is 116 Å². The maximum absolute atomic E-state index is 12.8. The summed E-state index contributed by atoms with van der Waals surface area (Å²) in [4.78, 5) is 0. The number of benzene rings is 1. The van der Waals surface area contributed by atoms with Gasteiger partial charge in [0.2, 0.25) is 0 Å². The van der Waals surface area contributed by atoms with Gasteiger partial charge in [0, 0.05) is 11.9 Å². The Balaban J connectivity index is 2.62. The van der Waals surface area contributed by atoms with Gasteiger partial charge < -0.3 is 0 Å². The predicted octanol–water partition coefficient (Wildman–Crippen LogP) is 4.66. The first-order valence-corrected chi connectivity index (χ1v) is 6.68. The highest BCUT2D eigenvalue weighted by Crippen LogP contribution is 2.33. The van der Waals surface area contributed by atoms with Crippen molar-refractivity contribution in [2.24, 2.45) is 5.41 Å². The molecular weight excluding hydrogens is 265 g/mol. The molecule has 0 aliphatic carbocycles. The second-order valence-corrected chi connectivity index (χ2v) is 6.23. The number of aryl methyl sites for hydroxylation is 1. The maximum atomic E-state index is 12.8. The van der Waals surface area contributed by atoms with Crippen molar-refractivity contribution in [2.75, 3.05) is 0 Å². The van der Waals surface area contributed by atoms with Gasteiger partial charge in [-0.2, -0.15) is 18.3 Å². The van der Waals surface area contributed by atoms with Crippen LogP contribution < -0.4 is 0 Å². The molecule has 0 saturated heterocycles. The largest absolute Gasteiger partial charge is 0.416 e. The Morgan fingerprint density at radius 2 is 1.80 bits per heavy atom. The van der Waals surface area contributed by atoms with E-state index in [1.807, 2.05) is 6.92 Å². The molecule has 0 radical (unpaired) electrons. The van der Waals surface area contributed by atoms with Crippen LogP contribution in [-0.4, -0.2) is 9.78 Å². The summed E-state index contributed by atoms with van der Waals surface area (Å²) < 4.78 is 40.3. The maximum Gasteiger partial charge on any atom is 0.416 e. The van der Waals surface area contributed by atoms with Crippen LogP contribution in [-0.2, 0) is 19.1 Å². The molecule has 1 aromatic heterocycles. The normalized spacial score (nSPS) is 13.2. The van der Waals surface area contributed by atoms with Gasteiger partial charge in [-0.25, -0.2) is 0 Å². The molecule has 2 aromatic rings. The average molecular weight is 284 g/mol. The van der Waals surface area contributed by atoms with Crippen LogP contribution in [0.25, 0.3) is 10.9 Å². The third-order valence-corrected chi connectivity index (χ3v) is 3.15. The summed E-state index contributed by atoms with van der Waals surface area (Å²) in [6, 6.07) is 3.85. The molecule has 0 atom stereocenters. The van der Waals surface area contributed by atoms with E-state index in [9.17, 15) is 13.2 Å². The van der Waals surface area contributed by atoms with E-state index >= 15 is 0 Å². The number of rotatable bonds is 2. The molecule has 0 aliphatic rings. The zero-order valence-corrected chi connectivity index (χ0v) is 12.2. The number of fused-ring (bicyclic) bond motifs is 1. The van der Waals surface area contributed by atoms with Crippen molar-refractivity contribution in [1.82, 2.24) is 9.78 Å². The number of hydrogen-bond acceptors (Lipinski definition) is 1. The lowest BCUT2D eigenvalue weighted by Gasteiger charge is -2.16. The molecule has 1 heterocycles. The van der Waals surface area contributed by atoms with Gasteiger partial charge in [0.15, 0.2) is 0 Å². The summed E-state index contributed by atoms with van der Waals surface area (Å²) in [6.07, 6.45) is -3.67. The molecule has 0 fully saturated rings. The predicted molar refractivity (Wildman–Crippen MR) is 73.6 cm³/mol. The molecule has 5 heteroatoms. The molecule has 0 unspecified atom stereocenters. The molecule has 0 spiro atoms. The molecule has 2 nitrogen and oxygen atoms in total. The van der Waals surface area contributed by atoms with Gasteiger partial charge in [-0.05, 0) is 37.0 Å². The quantitative estimate of drug-likeness (QED) is 0.784. The van der Waals surface area contributed by atoms with Crippen molar-refractivity contribution in [1.29, 1.82) is 0 Å². The van der Waals surface area contributed by atoms with E-state index in [1.165, 1.54) is 12.1 Å². The minimum atomic E-state index is -4.32. The highest BCUT2D eigenvalue weighted by atomic mass is 19.4. The van der Waals surface area contributed by atoms with E-state index in [2.05, 4.69) is 25.9 Å². The van der Waals surface area contributed by atoms with Gasteiger partial charge in [0.25, 0.3) is 0 Å². The third kappa shape index (κ3) is 2.97. The molecule has 110 valence electrons. The molecule has 0 amide bonds. The lowest BCUT2D eigenvalue weighted by molar-refractivity contribution is -0.137. The van der Waals surface area contributed by atoms with Crippen molar-refractivity contribution in [3.8, 4) is 0 Å². The highest BCUT2D eigenvalue weighted by Gasteiger charge is 2.31. The molecular formula is C15H19F3N2. The number of alkyl halides is 3. The fourth-order valence-corrected chi connectivity index (χ4v) is 2.30. The second kappa shape index (κ2) is 4.79. The van der Waals surface area contributed by atoms with Gasteiger partial charge in [-0.3, -0.25) is 4.68 Å². The Kier molecular flexibility index (Phi) is 3.56. The van der Waals surface area contributed by atoms with Crippen LogP contribution in [0, 0.1) is 5.41 Å². The van der Waals surface area contributed by atoms with E-state index in [-0.39, 0.29) is 5.41 Å². The minimum absolute atomic E-state index is 0.0197. The Morgan fingerprint density at radius 1 is 1.15 bits per heavy atom. The molecule has 0 bridgehead atoms. The number of halogens is 3.